The molecule has 0 unspecified atom stereocenters. The van der Waals surface area contributed by atoms with Gasteiger partial charge in [-0.25, -0.2) is 0 Å². The number of carbonyl (C=O) groups is 2. The van der Waals surface area contributed by atoms with Crippen molar-refractivity contribution in [2.24, 2.45) is 0 Å². The van der Waals surface area contributed by atoms with Crippen LogP contribution in [-0.2, 0) is 30.9 Å². The van der Waals surface area contributed by atoms with Gasteiger partial charge < -0.3 is 14.7 Å². The number of hydrogen-bond acceptors (Lipinski definition) is 4. The number of ether oxygens (including phenoxy) is 1. The zero-order chi connectivity index (χ0) is 20.9. The lowest BCUT2D eigenvalue weighted by Crippen LogP contribution is -2.38. The van der Waals surface area contributed by atoms with E-state index in [9.17, 15) is 9.59 Å². The summed E-state index contributed by atoms with van der Waals surface area (Å²) >= 11 is 0. The van der Waals surface area contributed by atoms with Gasteiger partial charge in [-0.05, 0) is 29.8 Å². The highest BCUT2D eigenvalue weighted by molar-refractivity contribution is 5.94. The molecule has 1 amide bonds. The second-order valence-corrected chi connectivity index (χ2v) is 7.27. The van der Waals surface area contributed by atoms with Crippen LogP contribution < -0.4 is 4.74 Å². The van der Waals surface area contributed by atoms with Crippen LogP contribution >= 0.6 is 0 Å². The molecule has 0 bridgehead atoms. The summed E-state index contributed by atoms with van der Waals surface area (Å²) in [6.45, 7) is 2.05. The Labute approximate surface area is 174 Å². The second kappa shape index (κ2) is 8.82. The lowest BCUT2D eigenvalue weighted by atomic mass is 10.1. The van der Waals surface area contributed by atoms with E-state index in [1.807, 2.05) is 53.2 Å². The molecule has 0 fully saturated rings. The van der Waals surface area contributed by atoms with Crippen LogP contribution in [0.4, 0.5) is 0 Å². The highest BCUT2D eigenvalue weighted by Crippen LogP contribution is 2.20. The average molecular weight is 405 g/mol. The predicted molar refractivity (Wildman–Crippen MR) is 110 cm³/mol. The summed E-state index contributed by atoms with van der Waals surface area (Å²) in [4.78, 5) is 25.6. The predicted octanol–water partition coefficient (Wildman–Crippen LogP) is 3.14. The van der Waals surface area contributed by atoms with Crippen molar-refractivity contribution in [1.82, 2.24) is 14.7 Å². The van der Waals surface area contributed by atoms with E-state index in [2.05, 4.69) is 5.10 Å². The normalized spacial score (nSPS) is 13.0. The molecule has 2 aromatic carbocycles. The molecule has 2 heterocycles. The zero-order valence-electron chi connectivity index (χ0n) is 16.5. The Morgan fingerprint density at radius 3 is 2.67 bits per heavy atom. The minimum atomic E-state index is -0.841. The molecule has 0 aliphatic carbocycles. The van der Waals surface area contributed by atoms with Crippen LogP contribution in [0, 0.1) is 0 Å². The number of aliphatic carboxylic acids is 1. The molecule has 3 aromatic rings. The van der Waals surface area contributed by atoms with Crippen LogP contribution in [0.25, 0.3) is 0 Å². The fraction of sp³-hybridized carbons (Fsp3) is 0.261. The van der Waals surface area contributed by atoms with E-state index in [4.69, 9.17) is 9.84 Å². The Kier molecular flexibility index (Phi) is 5.79. The van der Waals surface area contributed by atoms with Gasteiger partial charge >= 0.3 is 5.97 Å². The third-order valence-electron chi connectivity index (χ3n) is 5.06. The van der Waals surface area contributed by atoms with E-state index >= 15 is 0 Å². The third kappa shape index (κ3) is 4.68. The topological polar surface area (TPSA) is 84.7 Å². The van der Waals surface area contributed by atoms with Crippen LogP contribution in [0.15, 0.2) is 60.7 Å². The Morgan fingerprint density at radius 2 is 1.87 bits per heavy atom. The smallest absolute Gasteiger partial charge is 0.303 e. The standard InChI is InChI=1S/C23H23N3O4/c27-22(28)10-9-19-14-20-15-25(11-12-26(20)24-19)23(29)18-7-4-8-21(13-18)30-16-17-5-2-1-3-6-17/h1-8,13-14H,9-12,15-16H2,(H,27,28). The van der Waals surface area contributed by atoms with Gasteiger partial charge in [0.05, 0.1) is 30.9 Å². The maximum Gasteiger partial charge on any atom is 0.303 e. The lowest BCUT2D eigenvalue weighted by Gasteiger charge is -2.27. The number of nitrogens with zero attached hydrogens (tertiary/aromatic N) is 3. The molecule has 30 heavy (non-hydrogen) atoms. The molecule has 4 rings (SSSR count). The molecular formula is C23H23N3O4. The van der Waals surface area contributed by atoms with E-state index in [0.29, 0.717) is 44.0 Å². The van der Waals surface area contributed by atoms with Gasteiger partial charge in [0.1, 0.15) is 12.4 Å². The molecule has 7 heteroatoms. The Balaban J connectivity index is 1.40. The maximum atomic E-state index is 13.0. The number of aromatic nitrogens is 2. The lowest BCUT2D eigenvalue weighted by molar-refractivity contribution is -0.136. The molecule has 0 radical (unpaired) electrons. The molecule has 0 spiro atoms. The molecule has 0 atom stereocenters. The molecule has 1 aromatic heterocycles. The van der Waals surface area contributed by atoms with Crippen LogP contribution in [0.5, 0.6) is 5.75 Å². The van der Waals surface area contributed by atoms with Gasteiger partial charge in [-0.2, -0.15) is 5.10 Å². The van der Waals surface area contributed by atoms with Gasteiger partial charge in [-0.1, -0.05) is 36.4 Å². The van der Waals surface area contributed by atoms with Crippen molar-refractivity contribution < 1.29 is 19.4 Å². The fourth-order valence-corrected chi connectivity index (χ4v) is 3.50. The molecule has 0 saturated heterocycles. The molecule has 1 N–H and O–H groups in total. The van der Waals surface area contributed by atoms with Crippen molar-refractivity contribution >= 4 is 11.9 Å². The first-order chi connectivity index (χ1) is 14.6. The summed E-state index contributed by atoms with van der Waals surface area (Å²) in [5.74, 6) is -0.241. The first-order valence-corrected chi connectivity index (χ1v) is 9.92. The summed E-state index contributed by atoms with van der Waals surface area (Å²) in [5, 5.41) is 13.3. The summed E-state index contributed by atoms with van der Waals surface area (Å²) < 4.78 is 7.70. The number of fused-ring (bicyclic) bond motifs is 1. The maximum absolute atomic E-state index is 13.0. The Morgan fingerprint density at radius 1 is 1.03 bits per heavy atom. The third-order valence-corrected chi connectivity index (χ3v) is 5.06. The van der Waals surface area contributed by atoms with Gasteiger partial charge in [-0.15, -0.1) is 0 Å². The van der Waals surface area contributed by atoms with Gasteiger partial charge in [0, 0.05) is 18.5 Å². The first-order valence-electron chi connectivity index (χ1n) is 9.92. The Hall–Kier alpha value is -3.61. The van der Waals surface area contributed by atoms with Gasteiger partial charge in [0.25, 0.3) is 5.91 Å². The summed E-state index contributed by atoms with van der Waals surface area (Å²) in [5.41, 5.74) is 3.32. The van der Waals surface area contributed by atoms with Gasteiger partial charge in [0.2, 0.25) is 0 Å². The fourth-order valence-electron chi connectivity index (χ4n) is 3.50. The summed E-state index contributed by atoms with van der Waals surface area (Å²) in [6, 6.07) is 19.0. The number of carbonyl (C=O) groups excluding carboxylic acids is 1. The molecule has 1 aliphatic rings. The van der Waals surface area contributed by atoms with Crippen LogP contribution in [0.1, 0.15) is 33.7 Å². The van der Waals surface area contributed by atoms with Crippen molar-refractivity contribution in [3.8, 4) is 5.75 Å². The van der Waals surface area contributed by atoms with Crippen molar-refractivity contribution in [3.63, 3.8) is 0 Å². The average Bonchev–Trinajstić information content (AvgIpc) is 3.19. The number of hydrogen-bond donors (Lipinski definition) is 1. The number of amides is 1. The van der Waals surface area contributed by atoms with E-state index in [1.54, 1.807) is 17.0 Å². The monoisotopic (exact) mass is 405 g/mol. The number of benzene rings is 2. The molecule has 7 nitrogen and oxygen atoms in total. The number of aryl methyl sites for hydroxylation is 1. The summed E-state index contributed by atoms with van der Waals surface area (Å²) in [6.07, 6.45) is 0.443. The molecule has 0 saturated carbocycles. The highest BCUT2D eigenvalue weighted by Gasteiger charge is 2.23. The minimum Gasteiger partial charge on any atom is -0.489 e. The van der Waals surface area contributed by atoms with Crippen LogP contribution in [-0.4, -0.2) is 38.2 Å². The quantitative estimate of drug-likeness (QED) is 0.653. The molecule has 1 aliphatic heterocycles. The summed E-state index contributed by atoms with van der Waals surface area (Å²) in [7, 11) is 0. The van der Waals surface area contributed by atoms with E-state index in [-0.39, 0.29) is 12.3 Å². The van der Waals surface area contributed by atoms with Crippen LogP contribution in [0.2, 0.25) is 0 Å². The molecule has 154 valence electrons. The largest absolute Gasteiger partial charge is 0.489 e. The number of carboxylic acid groups (broad SMARTS) is 1. The first kappa shape index (κ1) is 19.7. The van der Waals surface area contributed by atoms with Gasteiger partial charge in [-0.3, -0.25) is 14.3 Å². The van der Waals surface area contributed by atoms with Crippen molar-refractivity contribution in [2.45, 2.75) is 32.5 Å². The van der Waals surface area contributed by atoms with E-state index in [1.165, 1.54) is 0 Å². The highest BCUT2D eigenvalue weighted by atomic mass is 16.5. The number of carboxylic acids is 1. The number of rotatable bonds is 7. The van der Waals surface area contributed by atoms with Crippen molar-refractivity contribution in [2.75, 3.05) is 6.54 Å². The van der Waals surface area contributed by atoms with E-state index in [0.717, 1.165) is 17.0 Å². The zero-order valence-corrected chi connectivity index (χ0v) is 16.5. The molecular weight excluding hydrogens is 382 g/mol. The van der Waals surface area contributed by atoms with Crippen molar-refractivity contribution in [3.05, 3.63) is 83.2 Å². The van der Waals surface area contributed by atoms with Gasteiger partial charge in [0.15, 0.2) is 0 Å². The van der Waals surface area contributed by atoms with E-state index < -0.39 is 5.97 Å². The Bertz CT molecular complexity index is 1050. The van der Waals surface area contributed by atoms with Crippen molar-refractivity contribution in [1.29, 1.82) is 0 Å². The van der Waals surface area contributed by atoms with Crippen LogP contribution in [0.3, 0.4) is 0 Å². The second-order valence-electron chi connectivity index (χ2n) is 7.27. The minimum absolute atomic E-state index is 0.0505. The SMILES string of the molecule is O=C(O)CCc1cc2n(n1)CCN(C(=O)c1cccc(OCc3ccccc3)c1)C2.